The molecule has 0 atom stereocenters. The first kappa shape index (κ1) is 17.9. The van der Waals surface area contributed by atoms with Crippen LogP contribution in [0.4, 0.5) is 5.82 Å². The average molecular weight is 374 g/mol. The van der Waals surface area contributed by atoms with Gasteiger partial charge < -0.3 is 10.3 Å². The number of nitrogens with zero attached hydrogens (tertiary/aromatic N) is 4. The number of benzene rings is 1. The summed E-state index contributed by atoms with van der Waals surface area (Å²) >= 11 is 0. The van der Waals surface area contributed by atoms with E-state index in [1.807, 2.05) is 43.3 Å². The Labute approximate surface area is 162 Å². The number of carbonyl (C=O) groups excluding carboxylic acids is 1. The van der Waals surface area contributed by atoms with Crippen LogP contribution >= 0.6 is 0 Å². The van der Waals surface area contributed by atoms with Crippen LogP contribution in [0.15, 0.2) is 48.8 Å². The highest BCUT2D eigenvalue weighted by Gasteiger charge is 2.15. The molecule has 2 N–H and O–H groups in total. The molecule has 1 aromatic carbocycles. The van der Waals surface area contributed by atoms with Crippen LogP contribution in [0.2, 0.25) is 0 Å². The molecule has 0 aliphatic heterocycles. The fraction of sp³-hybridized carbons (Fsp3) is 0.238. The Morgan fingerprint density at radius 1 is 1.11 bits per heavy atom. The van der Waals surface area contributed by atoms with Crippen LogP contribution in [0, 0.1) is 6.92 Å². The first-order valence-electron chi connectivity index (χ1n) is 9.10. The molecule has 0 unspecified atom stereocenters. The van der Waals surface area contributed by atoms with Gasteiger partial charge in [-0.05, 0) is 42.2 Å². The lowest BCUT2D eigenvalue weighted by molar-refractivity contribution is 0.102. The Hall–Kier alpha value is -3.48. The third-order valence-corrected chi connectivity index (χ3v) is 4.55. The fourth-order valence-electron chi connectivity index (χ4n) is 2.95. The van der Waals surface area contributed by atoms with E-state index in [2.05, 4.69) is 46.1 Å². The molecule has 7 heteroatoms. The Morgan fingerprint density at radius 3 is 2.50 bits per heavy atom. The van der Waals surface area contributed by atoms with Gasteiger partial charge in [-0.25, -0.2) is 14.5 Å². The average Bonchev–Trinajstić information content (AvgIpc) is 3.26. The van der Waals surface area contributed by atoms with E-state index < -0.39 is 0 Å². The maximum Gasteiger partial charge on any atom is 0.256 e. The van der Waals surface area contributed by atoms with Crippen LogP contribution in [0.3, 0.4) is 0 Å². The lowest BCUT2D eigenvalue weighted by Gasteiger charge is -2.18. The van der Waals surface area contributed by atoms with E-state index in [0.29, 0.717) is 17.0 Å². The van der Waals surface area contributed by atoms with Crippen molar-refractivity contribution in [2.75, 3.05) is 5.32 Å². The van der Waals surface area contributed by atoms with Crippen molar-refractivity contribution < 1.29 is 4.79 Å². The number of hydrogen-bond acceptors (Lipinski definition) is 4. The van der Waals surface area contributed by atoms with Gasteiger partial charge in [-0.2, -0.15) is 5.10 Å². The van der Waals surface area contributed by atoms with Crippen molar-refractivity contribution in [1.29, 1.82) is 0 Å². The van der Waals surface area contributed by atoms with Gasteiger partial charge in [0.25, 0.3) is 5.91 Å². The summed E-state index contributed by atoms with van der Waals surface area (Å²) in [6.07, 6.45) is 3.44. The van der Waals surface area contributed by atoms with Gasteiger partial charge in [-0.3, -0.25) is 4.79 Å². The van der Waals surface area contributed by atoms with Gasteiger partial charge in [-0.15, -0.1) is 0 Å². The van der Waals surface area contributed by atoms with E-state index in [1.54, 1.807) is 16.9 Å². The molecule has 4 aromatic rings. The molecule has 0 saturated heterocycles. The van der Waals surface area contributed by atoms with Crippen LogP contribution in [0.25, 0.3) is 17.0 Å². The van der Waals surface area contributed by atoms with Gasteiger partial charge in [0, 0.05) is 5.56 Å². The summed E-state index contributed by atoms with van der Waals surface area (Å²) in [7, 11) is 0. The quantitative estimate of drug-likeness (QED) is 0.568. The Balaban J connectivity index is 1.55. The van der Waals surface area contributed by atoms with E-state index in [9.17, 15) is 4.79 Å². The molecule has 1 amide bonds. The van der Waals surface area contributed by atoms with E-state index in [1.165, 1.54) is 5.56 Å². The van der Waals surface area contributed by atoms with Crippen molar-refractivity contribution in [1.82, 2.24) is 24.6 Å². The molecule has 28 heavy (non-hydrogen) atoms. The highest BCUT2D eigenvalue weighted by molar-refractivity contribution is 6.03. The highest BCUT2D eigenvalue weighted by Crippen LogP contribution is 2.22. The number of nitrogens with one attached hydrogen (secondary N) is 2. The lowest BCUT2D eigenvalue weighted by atomic mass is 9.87. The second kappa shape index (κ2) is 6.60. The molecule has 0 radical (unpaired) electrons. The minimum absolute atomic E-state index is 0.0488. The number of aryl methyl sites for hydroxylation is 1. The molecule has 0 aliphatic carbocycles. The van der Waals surface area contributed by atoms with Crippen molar-refractivity contribution >= 4 is 17.4 Å². The summed E-state index contributed by atoms with van der Waals surface area (Å²) in [6, 6.07) is 11.4. The Kier molecular flexibility index (Phi) is 4.22. The van der Waals surface area contributed by atoms with Crippen molar-refractivity contribution in [2.24, 2.45) is 0 Å². The number of amides is 1. The van der Waals surface area contributed by atoms with Crippen molar-refractivity contribution in [2.45, 2.75) is 33.1 Å². The smallest absolute Gasteiger partial charge is 0.256 e. The number of rotatable bonds is 3. The fourth-order valence-corrected chi connectivity index (χ4v) is 2.95. The zero-order valence-corrected chi connectivity index (χ0v) is 16.3. The maximum absolute atomic E-state index is 12.5. The molecule has 0 spiro atoms. The van der Waals surface area contributed by atoms with Crippen molar-refractivity contribution in [3.63, 3.8) is 0 Å². The summed E-state index contributed by atoms with van der Waals surface area (Å²) < 4.78 is 1.64. The number of hydrogen-bond donors (Lipinski definition) is 2. The molecule has 0 aliphatic rings. The molecule has 0 saturated carbocycles. The largest absolute Gasteiger partial charge is 0.341 e. The molecular formula is C21H22N6O. The van der Waals surface area contributed by atoms with Crippen LogP contribution in [-0.4, -0.2) is 30.5 Å². The predicted octanol–water partition coefficient (Wildman–Crippen LogP) is 3.98. The third kappa shape index (κ3) is 3.51. The SMILES string of the molecule is Cc1ncc(-c2ccc3nc(NC(=O)c4ccc(C(C)(C)C)cc4)cn3n2)[nH]1. The van der Waals surface area contributed by atoms with Gasteiger partial charge in [0.1, 0.15) is 11.5 Å². The zero-order valence-electron chi connectivity index (χ0n) is 16.3. The van der Waals surface area contributed by atoms with Crippen LogP contribution < -0.4 is 5.32 Å². The maximum atomic E-state index is 12.5. The Morgan fingerprint density at radius 2 is 1.86 bits per heavy atom. The molecule has 7 nitrogen and oxygen atoms in total. The minimum Gasteiger partial charge on any atom is -0.341 e. The predicted molar refractivity (Wildman–Crippen MR) is 108 cm³/mol. The van der Waals surface area contributed by atoms with Gasteiger partial charge in [0.15, 0.2) is 11.5 Å². The number of fused-ring (bicyclic) bond motifs is 1. The number of aromatic amines is 1. The standard InChI is InChI=1S/C21H22N6O/c1-13-22-11-17(23-13)16-9-10-19-24-18(12-27(19)26-16)25-20(28)14-5-7-15(8-6-14)21(2,3)4/h5-12H,1-4H3,(H,22,23)(H,25,28). The lowest BCUT2D eigenvalue weighted by Crippen LogP contribution is -2.14. The van der Waals surface area contributed by atoms with Crippen LogP contribution in [0.5, 0.6) is 0 Å². The first-order valence-corrected chi connectivity index (χ1v) is 9.10. The van der Waals surface area contributed by atoms with Gasteiger partial charge in [0.05, 0.1) is 18.1 Å². The van der Waals surface area contributed by atoms with Crippen LogP contribution in [0.1, 0.15) is 42.5 Å². The number of imidazole rings is 2. The molecule has 0 fully saturated rings. The Bertz CT molecular complexity index is 1150. The molecule has 4 rings (SSSR count). The highest BCUT2D eigenvalue weighted by atomic mass is 16.1. The summed E-state index contributed by atoms with van der Waals surface area (Å²) in [5.74, 6) is 1.08. The second-order valence-corrected chi connectivity index (χ2v) is 7.81. The number of anilines is 1. The number of carbonyl (C=O) groups is 1. The van der Waals surface area contributed by atoms with Gasteiger partial charge >= 0.3 is 0 Å². The summed E-state index contributed by atoms with van der Waals surface area (Å²) in [5, 5.41) is 7.37. The number of H-pyrrole nitrogens is 1. The van der Waals surface area contributed by atoms with Gasteiger partial charge in [-0.1, -0.05) is 32.9 Å². The normalized spacial score (nSPS) is 11.7. The molecular weight excluding hydrogens is 352 g/mol. The summed E-state index contributed by atoms with van der Waals surface area (Å²) in [6.45, 7) is 8.32. The van der Waals surface area contributed by atoms with E-state index in [-0.39, 0.29) is 11.3 Å². The number of aromatic nitrogens is 5. The monoisotopic (exact) mass is 374 g/mol. The van der Waals surface area contributed by atoms with Crippen molar-refractivity contribution in [3.05, 3.63) is 65.7 Å². The molecule has 0 bridgehead atoms. The van der Waals surface area contributed by atoms with E-state index in [0.717, 1.165) is 17.2 Å². The zero-order chi connectivity index (χ0) is 19.9. The third-order valence-electron chi connectivity index (χ3n) is 4.55. The summed E-state index contributed by atoms with van der Waals surface area (Å²) in [5.41, 5.74) is 4.05. The molecule has 3 aromatic heterocycles. The topological polar surface area (TPSA) is 88.0 Å². The van der Waals surface area contributed by atoms with Crippen molar-refractivity contribution in [3.8, 4) is 11.4 Å². The van der Waals surface area contributed by atoms with E-state index >= 15 is 0 Å². The van der Waals surface area contributed by atoms with Crippen LogP contribution in [-0.2, 0) is 5.41 Å². The minimum atomic E-state index is -0.201. The molecule has 142 valence electrons. The second-order valence-electron chi connectivity index (χ2n) is 7.81. The van der Waals surface area contributed by atoms with E-state index in [4.69, 9.17) is 0 Å². The first-order chi connectivity index (χ1) is 13.3. The molecule has 3 heterocycles. The summed E-state index contributed by atoms with van der Waals surface area (Å²) in [4.78, 5) is 24.3. The van der Waals surface area contributed by atoms with Gasteiger partial charge in [0.2, 0.25) is 0 Å².